The van der Waals surface area contributed by atoms with E-state index in [1.54, 1.807) is 11.3 Å². The lowest BCUT2D eigenvalue weighted by Gasteiger charge is -2.31. The highest BCUT2D eigenvalue weighted by atomic mass is 32.1. The Hall–Kier alpha value is -1.16. The molecule has 2 rings (SSSR count). The van der Waals surface area contributed by atoms with Crippen LogP contribution in [0.5, 0.6) is 0 Å². The Labute approximate surface area is 105 Å². The van der Waals surface area contributed by atoms with E-state index in [4.69, 9.17) is 0 Å². The van der Waals surface area contributed by atoms with Crippen molar-refractivity contribution in [2.45, 2.75) is 26.2 Å². The van der Waals surface area contributed by atoms with Crippen LogP contribution in [0.2, 0.25) is 0 Å². The van der Waals surface area contributed by atoms with Crippen LogP contribution in [0.25, 0.3) is 0 Å². The van der Waals surface area contributed by atoms with Crippen LogP contribution in [0.4, 0.5) is 0 Å². The van der Waals surface area contributed by atoms with E-state index < -0.39 is 0 Å². The van der Waals surface area contributed by atoms with E-state index in [2.05, 4.69) is 0 Å². The molecule has 1 aromatic heterocycles. The molecule has 3 nitrogen and oxygen atoms in total. The van der Waals surface area contributed by atoms with Crippen LogP contribution in [0.3, 0.4) is 0 Å². The van der Waals surface area contributed by atoms with E-state index in [1.165, 1.54) is 0 Å². The van der Waals surface area contributed by atoms with Gasteiger partial charge < -0.3 is 4.90 Å². The Morgan fingerprint density at radius 2 is 2.41 bits per heavy atom. The van der Waals surface area contributed by atoms with Gasteiger partial charge in [-0.05, 0) is 17.9 Å². The van der Waals surface area contributed by atoms with Gasteiger partial charge in [-0.1, -0.05) is 13.0 Å². The highest BCUT2D eigenvalue weighted by Gasteiger charge is 2.28. The summed E-state index contributed by atoms with van der Waals surface area (Å²) in [5, 5.41) is 1.98. The molecular weight excluding hydrogens is 234 g/mol. The third-order valence-corrected chi connectivity index (χ3v) is 4.15. The molecule has 0 aliphatic carbocycles. The van der Waals surface area contributed by atoms with Gasteiger partial charge in [0.25, 0.3) is 0 Å². The Bertz CT molecular complexity index is 400. The Balaban J connectivity index is 1.94. The van der Waals surface area contributed by atoms with Gasteiger partial charge >= 0.3 is 0 Å². The molecule has 0 radical (unpaired) electrons. The first kappa shape index (κ1) is 12.3. The van der Waals surface area contributed by atoms with Crippen LogP contribution in [-0.2, 0) is 16.0 Å². The number of piperidine rings is 1. The van der Waals surface area contributed by atoms with Gasteiger partial charge in [-0.2, -0.15) is 0 Å². The first-order chi connectivity index (χ1) is 8.20. The highest BCUT2D eigenvalue weighted by Crippen LogP contribution is 2.18. The zero-order valence-corrected chi connectivity index (χ0v) is 10.8. The molecule has 1 aromatic rings. The molecule has 1 aliphatic heterocycles. The monoisotopic (exact) mass is 251 g/mol. The fraction of sp³-hybridized carbons (Fsp3) is 0.538. The fourth-order valence-electron chi connectivity index (χ4n) is 2.17. The van der Waals surface area contributed by atoms with Crippen LogP contribution < -0.4 is 0 Å². The molecule has 0 bridgehead atoms. The maximum absolute atomic E-state index is 12.1. The lowest BCUT2D eigenvalue weighted by atomic mass is 9.94. The molecule has 1 atom stereocenters. The van der Waals surface area contributed by atoms with Crippen molar-refractivity contribution in [3.8, 4) is 0 Å². The van der Waals surface area contributed by atoms with E-state index in [9.17, 15) is 9.59 Å². The Kier molecular flexibility index (Phi) is 3.94. The van der Waals surface area contributed by atoms with Crippen molar-refractivity contribution in [1.82, 2.24) is 4.90 Å². The maximum Gasteiger partial charge on any atom is 0.227 e. The number of likely N-dealkylation sites (tertiary alicyclic amines) is 1. The van der Waals surface area contributed by atoms with Gasteiger partial charge in [-0.15, -0.1) is 11.3 Å². The summed E-state index contributed by atoms with van der Waals surface area (Å²) in [6.45, 7) is 3.22. The number of ketones is 1. The molecule has 2 heterocycles. The predicted molar refractivity (Wildman–Crippen MR) is 68.0 cm³/mol. The molecule has 0 N–H and O–H groups in total. The predicted octanol–water partition coefficient (Wildman–Crippen LogP) is 2.12. The smallest absolute Gasteiger partial charge is 0.227 e. The van der Waals surface area contributed by atoms with Crippen molar-refractivity contribution >= 4 is 23.0 Å². The summed E-state index contributed by atoms with van der Waals surface area (Å²) in [6.07, 6.45) is 1.83. The van der Waals surface area contributed by atoms with Crippen LogP contribution in [-0.4, -0.2) is 29.7 Å². The van der Waals surface area contributed by atoms with Crippen molar-refractivity contribution in [2.75, 3.05) is 13.1 Å². The number of hydrogen-bond donors (Lipinski definition) is 0. The third-order valence-electron chi connectivity index (χ3n) is 3.28. The molecule has 0 aromatic carbocycles. The lowest BCUT2D eigenvalue weighted by molar-refractivity contribution is -0.136. The first-order valence-corrected chi connectivity index (χ1v) is 6.91. The molecule has 17 heavy (non-hydrogen) atoms. The molecule has 0 spiro atoms. The molecule has 92 valence electrons. The molecule has 1 unspecified atom stereocenters. The lowest BCUT2D eigenvalue weighted by Crippen LogP contribution is -2.44. The van der Waals surface area contributed by atoms with Crippen molar-refractivity contribution in [3.05, 3.63) is 22.4 Å². The minimum absolute atomic E-state index is 0.0519. The van der Waals surface area contributed by atoms with E-state index in [0.717, 1.165) is 11.3 Å². The minimum Gasteiger partial charge on any atom is -0.341 e. The van der Waals surface area contributed by atoms with E-state index in [0.29, 0.717) is 31.7 Å². The van der Waals surface area contributed by atoms with Crippen molar-refractivity contribution in [3.63, 3.8) is 0 Å². The van der Waals surface area contributed by atoms with Crippen LogP contribution in [0.1, 0.15) is 24.6 Å². The van der Waals surface area contributed by atoms with Gasteiger partial charge in [-0.3, -0.25) is 9.59 Å². The SMILES string of the molecule is CCC1CN(C(=O)Cc2cccs2)CCC1=O. The number of carbonyl (C=O) groups excluding carboxylic acids is 2. The molecule has 0 saturated carbocycles. The molecule has 1 aliphatic rings. The number of Topliss-reactive ketones (excluding diaryl/α,β-unsaturated/α-hetero) is 1. The Morgan fingerprint density at radius 3 is 3.06 bits per heavy atom. The van der Waals surface area contributed by atoms with Crippen LogP contribution >= 0.6 is 11.3 Å². The van der Waals surface area contributed by atoms with Gasteiger partial charge in [0.1, 0.15) is 5.78 Å². The largest absolute Gasteiger partial charge is 0.341 e. The van der Waals surface area contributed by atoms with Gasteiger partial charge in [0.2, 0.25) is 5.91 Å². The average molecular weight is 251 g/mol. The molecule has 4 heteroatoms. The van der Waals surface area contributed by atoms with Crippen LogP contribution in [0, 0.1) is 5.92 Å². The van der Waals surface area contributed by atoms with Gasteiger partial charge in [0.05, 0.1) is 6.42 Å². The zero-order valence-electron chi connectivity index (χ0n) is 10.0. The fourth-order valence-corrected chi connectivity index (χ4v) is 2.86. The minimum atomic E-state index is 0.0519. The summed E-state index contributed by atoms with van der Waals surface area (Å²) in [5.41, 5.74) is 0. The summed E-state index contributed by atoms with van der Waals surface area (Å²) in [5.74, 6) is 0.516. The number of hydrogen-bond acceptors (Lipinski definition) is 3. The summed E-state index contributed by atoms with van der Waals surface area (Å²) in [6, 6.07) is 3.94. The van der Waals surface area contributed by atoms with E-state index in [1.807, 2.05) is 29.3 Å². The number of amides is 1. The molecule has 1 saturated heterocycles. The second kappa shape index (κ2) is 5.45. The Morgan fingerprint density at radius 1 is 1.59 bits per heavy atom. The molecule has 1 fully saturated rings. The van der Waals surface area contributed by atoms with Crippen LogP contribution in [0.15, 0.2) is 17.5 Å². The van der Waals surface area contributed by atoms with E-state index >= 15 is 0 Å². The number of thiophene rings is 1. The van der Waals surface area contributed by atoms with Gasteiger partial charge in [0.15, 0.2) is 0 Å². The van der Waals surface area contributed by atoms with Crippen molar-refractivity contribution in [2.24, 2.45) is 5.92 Å². The summed E-state index contributed by atoms with van der Waals surface area (Å²) < 4.78 is 0. The normalized spacial score (nSPS) is 20.6. The highest BCUT2D eigenvalue weighted by molar-refractivity contribution is 7.10. The van der Waals surface area contributed by atoms with Gasteiger partial charge in [-0.25, -0.2) is 0 Å². The number of rotatable bonds is 3. The standard InChI is InChI=1S/C13H17NO2S/c1-2-10-9-14(6-5-12(10)15)13(16)8-11-4-3-7-17-11/h3-4,7,10H,2,5-6,8-9H2,1H3. The molecular formula is C13H17NO2S. The number of nitrogens with zero attached hydrogens (tertiary/aromatic N) is 1. The zero-order chi connectivity index (χ0) is 12.3. The quantitative estimate of drug-likeness (QED) is 0.825. The average Bonchev–Trinajstić information content (AvgIpc) is 2.82. The van der Waals surface area contributed by atoms with Crippen molar-refractivity contribution < 1.29 is 9.59 Å². The van der Waals surface area contributed by atoms with E-state index in [-0.39, 0.29) is 11.8 Å². The summed E-state index contributed by atoms with van der Waals surface area (Å²) >= 11 is 1.61. The van der Waals surface area contributed by atoms with Gasteiger partial charge in [0, 0.05) is 30.3 Å². The maximum atomic E-state index is 12.1. The summed E-state index contributed by atoms with van der Waals surface area (Å²) in [4.78, 5) is 26.6. The second-order valence-electron chi connectivity index (χ2n) is 4.42. The number of carbonyl (C=O) groups is 2. The third kappa shape index (κ3) is 2.94. The van der Waals surface area contributed by atoms with Crippen molar-refractivity contribution in [1.29, 1.82) is 0 Å². The molecule has 1 amide bonds. The summed E-state index contributed by atoms with van der Waals surface area (Å²) in [7, 11) is 0. The first-order valence-electron chi connectivity index (χ1n) is 6.03. The topological polar surface area (TPSA) is 37.4 Å². The second-order valence-corrected chi connectivity index (χ2v) is 5.45.